The van der Waals surface area contributed by atoms with E-state index in [0.29, 0.717) is 26.4 Å². The average molecular weight is 516 g/mol. The quantitative estimate of drug-likeness (QED) is 0.283. The van der Waals surface area contributed by atoms with Gasteiger partial charge in [0.05, 0.1) is 13.1 Å². The lowest BCUT2D eigenvalue weighted by Gasteiger charge is -2.07. The summed E-state index contributed by atoms with van der Waals surface area (Å²) in [5.41, 5.74) is -0.783. The highest BCUT2D eigenvalue weighted by atomic mass is 35.5. The zero-order valence-electron chi connectivity index (χ0n) is 17.1. The number of carbonyl (C=O) groups excluding carboxylic acids is 1. The Morgan fingerprint density at radius 1 is 1.00 bits per heavy atom. The molecule has 1 N–H and O–H groups in total. The fourth-order valence-electron chi connectivity index (χ4n) is 3.13. The molecule has 0 saturated carbocycles. The van der Waals surface area contributed by atoms with Gasteiger partial charge >= 0.3 is 0 Å². The molecule has 0 atom stereocenters. The first-order chi connectivity index (χ1) is 16.2. The van der Waals surface area contributed by atoms with Crippen molar-refractivity contribution in [2.45, 2.75) is 25.9 Å². The van der Waals surface area contributed by atoms with Crippen molar-refractivity contribution in [2.75, 3.05) is 5.32 Å². The smallest absolute Gasteiger partial charge is 0.292 e. The predicted octanol–water partition coefficient (Wildman–Crippen LogP) is 6.20. The third kappa shape index (κ3) is 5.26. The first-order valence-electron chi connectivity index (χ1n) is 9.71. The highest BCUT2D eigenvalue weighted by molar-refractivity contribution is 6.35. The van der Waals surface area contributed by atoms with E-state index in [0.717, 1.165) is 0 Å². The molecule has 0 spiro atoms. The molecule has 1 aromatic carbocycles. The Morgan fingerprint density at radius 2 is 1.74 bits per heavy atom. The standard InChI is InChI=1S/C21H15Cl2F4N5O2/c22-13-2-1-3-14(23)12(13)10-31-7-6-18(30-31)28-21(33)17-5-4-11(34-17)9-32-16(20(26)27)8-15(29-32)19(24)25/h1-8,19-20H,9-10H2,(H,28,30,33). The molecule has 3 heterocycles. The Morgan fingerprint density at radius 3 is 2.41 bits per heavy atom. The van der Waals surface area contributed by atoms with E-state index < -0.39 is 30.1 Å². The van der Waals surface area contributed by atoms with Crippen molar-refractivity contribution >= 4 is 34.9 Å². The van der Waals surface area contributed by atoms with Crippen molar-refractivity contribution in [1.82, 2.24) is 19.6 Å². The van der Waals surface area contributed by atoms with E-state index in [1.807, 2.05) is 0 Å². The number of hydrogen-bond donors (Lipinski definition) is 1. The number of carbonyl (C=O) groups is 1. The maximum Gasteiger partial charge on any atom is 0.292 e. The van der Waals surface area contributed by atoms with Crippen LogP contribution in [0.5, 0.6) is 0 Å². The lowest BCUT2D eigenvalue weighted by Crippen LogP contribution is -2.12. The van der Waals surface area contributed by atoms with Gasteiger partial charge in [0, 0.05) is 27.9 Å². The van der Waals surface area contributed by atoms with Gasteiger partial charge in [0.1, 0.15) is 17.1 Å². The van der Waals surface area contributed by atoms with Crippen LogP contribution in [0.2, 0.25) is 10.0 Å². The van der Waals surface area contributed by atoms with E-state index in [1.54, 1.807) is 30.5 Å². The van der Waals surface area contributed by atoms with Gasteiger partial charge < -0.3 is 9.73 Å². The number of halogens is 6. The van der Waals surface area contributed by atoms with Gasteiger partial charge in [-0.3, -0.25) is 14.2 Å². The molecular formula is C21H15Cl2F4N5O2. The van der Waals surface area contributed by atoms with Crippen LogP contribution in [0.4, 0.5) is 23.4 Å². The molecule has 0 aliphatic carbocycles. The summed E-state index contributed by atoms with van der Waals surface area (Å²) in [6.07, 6.45) is -4.38. The van der Waals surface area contributed by atoms with Crippen molar-refractivity contribution in [3.05, 3.63) is 87.2 Å². The minimum atomic E-state index is -3.01. The van der Waals surface area contributed by atoms with Crippen LogP contribution in [0, 0.1) is 0 Å². The Kier molecular flexibility index (Phi) is 6.94. The minimum Gasteiger partial charge on any atom is -0.454 e. The summed E-state index contributed by atoms with van der Waals surface area (Å²) in [6.45, 7) is -0.0802. The van der Waals surface area contributed by atoms with Crippen LogP contribution < -0.4 is 5.32 Å². The Bertz CT molecular complexity index is 1300. The molecule has 0 aliphatic heterocycles. The summed E-state index contributed by atoms with van der Waals surface area (Å²) in [4.78, 5) is 12.5. The average Bonchev–Trinajstić information content (AvgIpc) is 3.51. The number of hydrogen-bond acceptors (Lipinski definition) is 4. The van der Waals surface area contributed by atoms with Crippen molar-refractivity contribution in [3.8, 4) is 0 Å². The summed E-state index contributed by atoms with van der Waals surface area (Å²) < 4.78 is 59.6. The van der Waals surface area contributed by atoms with Crippen molar-refractivity contribution in [3.63, 3.8) is 0 Å². The van der Waals surface area contributed by atoms with E-state index in [2.05, 4.69) is 15.5 Å². The monoisotopic (exact) mass is 515 g/mol. The molecule has 3 aromatic heterocycles. The van der Waals surface area contributed by atoms with E-state index in [-0.39, 0.29) is 30.4 Å². The molecule has 4 aromatic rings. The largest absolute Gasteiger partial charge is 0.454 e. The van der Waals surface area contributed by atoms with Crippen LogP contribution in [0.25, 0.3) is 0 Å². The predicted molar refractivity (Wildman–Crippen MR) is 116 cm³/mol. The van der Waals surface area contributed by atoms with Gasteiger partial charge in [0.2, 0.25) is 0 Å². The number of nitrogens with zero attached hydrogens (tertiary/aromatic N) is 4. The fourth-order valence-corrected chi connectivity index (χ4v) is 3.65. The van der Waals surface area contributed by atoms with E-state index in [4.69, 9.17) is 27.6 Å². The van der Waals surface area contributed by atoms with Crippen LogP contribution in [0.15, 0.2) is 53.1 Å². The molecule has 0 unspecified atom stereocenters. The number of anilines is 1. The molecule has 13 heteroatoms. The molecule has 34 heavy (non-hydrogen) atoms. The summed E-state index contributed by atoms with van der Waals surface area (Å²) in [5.74, 6) is -0.469. The first-order valence-corrected chi connectivity index (χ1v) is 10.5. The van der Waals surface area contributed by atoms with Crippen LogP contribution >= 0.6 is 23.2 Å². The summed E-state index contributed by atoms with van der Waals surface area (Å²) >= 11 is 12.3. The number of rotatable bonds is 8. The number of furan rings is 1. The van der Waals surface area contributed by atoms with Crippen molar-refractivity contribution in [1.29, 1.82) is 0 Å². The van der Waals surface area contributed by atoms with Gasteiger partial charge in [-0.25, -0.2) is 17.6 Å². The molecule has 0 radical (unpaired) electrons. The topological polar surface area (TPSA) is 77.9 Å². The second-order valence-corrected chi connectivity index (χ2v) is 7.89. The molecule has 4 rings (SSSR count). The number of nitrogens with one attached hydrogen (secondary N) is 1. The van der Waals surface area contributed by atoms with Crippen LogP contribution in [0.1, 0.15) is 46.1 Å². The van der Waals surface area contributed by atoms with E-state index in [9.17, 15) is 22.4 Å². The van der Waals surface area contributed by atoms with Crippen molar-refractivity contribution in [2.24, 2.45) is 0 Å². The molecule has 0 bridgehead atoms. The summed E-state index contributed by atoms with van der Waals surface area (Å²) in [7, 11) is 0. The Labute approximate surface area is 199 Å². The van der Waals surface area contributed by atoms with Gasteiger partial charge in [-0.15, -0.1) is 0 Å². The molecule has 178 valence electrons. The van der Waals surface area contributed by atoms with Crippen LogP contribution in [-0.2, 0) is 13.1 Å². The lowest BCUT2D eigenvalue weighted by molar-refractivity contribution is 0.0993. The normalized spacial score (nSPS) is 11.5. The fraction of sp³-hybridized carbons (Fsp3) is 0.190. The summed E-state index contributed by atoms with van der Waals surface area (Å²) in [6, 6.07) is 10.0. The number of alkyl halides is 4. The van der Waals surface area contributed by atoms with Crippen LogP contribution in [-0.4, -0.2) is 25.5 Å². The highest BCUT2D eigenvalue weighted by Crippen LogP contribution is 2.27. The molecule has 1 amide bonds. The highest BCUT2D eigenvalue weighted by Gasteiger charge is 2.22. The third-order valence-electron chi connectivity index (χ3n) is 4.73. The molecule has 7 nitrogen and oxygen atoms in total. The lowest BCUT2D eigenvalue weighted by atomic mass is 10.2. The first kappa shape index (κ1) is 23.8. The van der Waals surface area contributed by atoms with E-state index in [1.165, 1.54) is 16.8 Å². The van der Waals surface area contributed by atoms with Gasteiger partial charge in [-0.1, -0.05) is 29.3 Å². The Balaban J connectivity index is 1.43. The van der Waals surface area contributed by atoms with Gasteiger partial charge in [0.15, 0.2) is 11.6 Å². The molecule has 0 aliphatic rings. The summed E-state index contributed by atoms with van der Waals surface area (Å²) in [5, 5.41) is 11.2. The minimum absolute atomic E-state index is 0.0786. The zero-order valence-corrected chi connectivity index (χ0v) is 18.6. The van der Waals surface area contributed by atoms with Gasteiger partial charge in [0.25, 0.3) is 18.8 Å². The maximum atomic E-state index is 13.1. The molecule has 0 fully saturated rings. The van der Waals surface area contributed by atoms with E-state index >= 15 is 0 Å². The SMILES string of the molecule is O=C(Nc1ccn(Cc2c(Cl)cccc2Cl)n1)c1ccc(Cn2nc(C(F)F)cc2C(F)F)o1. The second kappa shape index (κ2) is 9.90. The van der Waals surface area contributed by atoms with Crippen LogP contribution in [0.3, 0.4) is 0 Å². The van der Waals surface area contributed by atoms with Gasteiger partial charge in [-0.05, 0) is 30.3 Å². The molecule has 0 saturated heterocycles. The number of benzene rings is 1. The van der Waals surface area contributed by atoms with Crippen molar-refractivity contribution < 1.29 is 26.8 Å². The number of amides is 1. The molecular weight excluding hydrogens is 501 g/mol. The number of aromatic nitrogens is 4. The zero-order chi connectivity index (χ0) is 24.4. The van der Waals surface area contributed by atoms with Gasteiger partial charge in [-0.2, -0.15) is 10.2 Å². The Hall–Kier alpha value is -3.31. The maximum absolute atomic E-state index is 13.1. The third-order valence-corrected chi connectivity index (χ3v) is 5.44. The second-order valence-electron chi connectivity index (χ2n) is 7.07.